The van der Waals surface area contributed by atoms with Crippen LogP contribution < -0.4 is 10.0 Å². The third-order valence-corrected chi connectivity index (χ3v) is 3.05. The van der Waals surface area contributed by atoms with E-state index in [2.05, 4.69) is 10.5 Å². The van der Waals surface area contributed by atoms with Gasteiger partial charge in [0.05, 0.1) is 11.4 Å². The first-order chi connectivity index (χ1) is 8.65. The van der Waals surface area contributed by atoms with Crippen molar-refractivity contribution in [2.75, 3.05) is 11.1 Å². The van der Waals surface area contributed by atoms with Crippen molar-refractivity contribution in [2.24, 2.45) is 0 Å². The Labute approximate surface area is 108 Å². The van der Waals surface area contributed by atoms with Crippen LogP contribution in [0.2, 0.25) is 0 Å². The fraction of sp³-hybridized carbons (Fsp3) is 0.182. The van der Waals surface area contributed by atoms with Gasteiger partial charge in [-0.05, 0) is 24.8 Å². The van der Waals surface area contributed by atoms with Gasteiger partial charge < -0.3 is 9.73 Å². The number of carbonyl (C=O) groups excluding carboxylic acids is 1. The second-order valence-corrected chi connectivity index (χ2v) is 4.53. The van der Waals surface area contributed by atoms with E-state index in [1.54, 1.807) is 31.2 Å². The van der Waals surface area contributed by atoms with Crippen LogP contribution >= 0.6 is 11.8 Å². The minimum Gasteiger partial charge on any atom is -0.618 e. The number of amides is 1. The van der Waals surface area contributed by atoms with Gasteiger partial charge in [-0.1, -0.05) is 5.16 Å². The summed E-state index contributed by atoms with van der Waals surface area (Å²) in [5.41, 5.74) is 0.693. The summed E-state index contributed by atoms with van der Waals surface area (Å²) in [7, 11) is 0. The number of thioether (sulfide) groups is 1. The Hall–Kier alpha value is -2.02. The van der Waals surface area contributed by atoms with Crippen molar-refractivity contribution in [2.45, 2.75) is 11.9 Å². The van der Waals surface area contributed by atoms with Gasteiger partial charge in [0.1, 0.15) is 0 Å². The highest BCUT2D eigenvalue weighted by atomic mass is 32.2. The molecule has 1 N–H and O–H groups in total. The van der Waals surface area contributed by atoms with Gasteiger partial charge in [-0.15, -0.1) is 0 Å². The van der Waals surface area contributed by atoms with Crippen molar-refractivity contribution in [1.29, 1.82) is 0 Å². The van der Waals surface area contributed by atoms with Crippen molar-refractivity contribution in [3.05, 3.63) is 41.4 Å². The number of pyridine rings is 1. The van der Waals surface area contributed by atoms with Crippen LogP contribution in [-0.2, 0) is 4.79 Å². The second kappa shape index (κ2) is 5.54. The first-order valence-corrected chi connectivity index (χ1v) is 6.18. The zero-order valence-electron chi connectivity index (χ0n) is 9.62. The smallest absolute Gasteiger partial charge is 0.251 e. The zero-order valence-corrected chi connectivity index (χ0v) is 10.4. The predicted octanol–water partition coefficient (Wildman–Crippen LogP) is 1.35. The summed E-state index contributed by atoms with van der Waals surface area (Å²) < 4.78 is 5.57. The van der Waals surface area contributed by atoms with Gasteiger partial charge in [-0.3, -0.25) is 10.1 Å². The number of rotatable bonds is 4. The summed E-state index contributed by atoms with van der Waals surface area (Å²) in [6, 6.07) is 6.66. The molecule has 1 amide bonds. The lowest BCUT2D eigenvalue weighted by atomic mass is 10.5. The molecule has 0 saturated carbocycles. The van der Waals surface area contributed by atoms with Crippen LogP contribution in [-0.4, -0.2) is 16.8 Å². The van der Waals surface area contributed by atoms with Crippen LogP contribution in [0, 0.1) is 12.1 Å². The minimum atomic E-state index is -0.250. The number of hydrogen-bond donors (Lipinski definition) is 1. The van der Waals surface area contributed by atoms with Gasteiger partial charge >= 0.3 is 0 Å². The summed E-state index contributed by atoms with van der Waals surface area (Å²) in [6.45, 7) is 1.76. The van der Waals surface area contributed by atoms with Crippen LogP contribution in [0.4, 0.5) is 5.88 Å². The number of hydrogen-bond acceptors (Lipinski definition) is 5. The topological polar surface area (TPSA) is 82.1 Å². The van der Waals surface area contributed by atoms with E-state index in [0.717, 1.165) is 16.5 Å². The van der Waals surface area contributed by atoms with Gasteiger partial charge in [-0.2, -0.15) is 4.73 Å². The molecular weight excluding hydrogens is 254 g/mol. The van der Waals surface area contributed by atoms with E-state index in [0.29, 0.717) is 16.6 Å². The molecule has 2 rings (SSSR count). The predicted molar refractivity (Wildman–Crippen MR) is 66.0 cm³/mol. The largest absolute Gasteiger partial charge is 0.618 e. The molecule has 2 aromatic heterocycles. The molecule has 0 aromatic carbocycles. The second-order valence-electron chi connectivity index (χ2n) is 3.53. The van der Waals surface area contributed by atoms with Crippen molar-refractivity contribution in [3.8, 4) is 0 Å². The van der Waals surface area contributed by atoms with E-state index >= 15 is 0 Å². The molecule has 0 aliphatic rings. The summed E-state index contributed by atoms with van der Waals surface area (Å²) >= 11 is 1.16. The maximum Gasteiger partial charge on any atom is 0.251 e. The normalized spacial score (nSPS) is 10.3. The third-order valence-electron chi connectivity index (χ3n) is 2.03. The first kappa shape index (κ1) is 12.4. The number of nitrogens with one attached hydrogen (secondary N) is 1. The summed E-state index contributed by atoms with van der Waals surface area (Å²) in [4.78, 5) is 11.6. The molecule has 0 aliphatic heterocycles. The van der Waals surface area contributed by atoms with Crippen molar-refractivity contribution in [3.63, 3.8) is 0 Å². The standard InChI is InChI=1S/C11H11N3O3S/c1-8-6-10(17-13-8)12-9(15)7-18-11-4-2-3-5-14(11)16/h2-6H,7H2,1H3,(H,12,15). The molecule has 2 aromatic rings. The Kier molecular flexibility index (Phi) is 3.83. The number of aryl methyl sites for hydroxylation is 1. The SMILES string of the molecule is Cc1cc(NC(=O)CSc2cccc[n+]2[O-])on1. The van der Waals surface area contributed by atoms with Crippen LogP contribution in [0.3, 0.4) is 0 Å². The highest BCUT2D eigenvalue weighted by molar-refractivity contribution is 7.99. The van der Waals surface area contributed by atoms with E-state index in [1.807, 2.05) is 0 Å². The van der Waals surface area contributed by atoms with Gasteiger partial charge in [-0.25, -0.2) is 0 Å². The van der Waals surface area contributed by atoms with E-state index < -0.39 is 0 Å². The summed E-state index contributed by atoms with van der Waals surface area (Å²) in [5, 5.41) is 18.0. The maximum absolute atomic E-state index is 11.6. The first-order valence-electron chi connectivity index (χ1n) is 5.19. The Morgan fingerprint density at radius 3 is 3.11 bits per heavy atom. The number of carbonyl (C=O) groups is 1. The van der Waals surface area contributed by atoms with E-state index in [1.165, 1.54) is 6.20 Å². The van der Waals surface area contributed by atoms with Gasteiger partial charge in [0.15, 0.2) is 6.20 Å². The minimum absolute atomic E-state index is 0.131. The highest BCUT2D eigenvalue weighted by Crippen LogP contribution is 2.14. The molecule has 0 radical (unpaired) electrons. The Balaban J connectivity index is 1.87. The van der Waals surface area contributed by atoms with E-state index in [-0.39, 0.29) is 11.7 Å². The molecule has 0 spiro atoms. The van der Waals surface area contributed by atoms with Gasteiger partial charge in [0.25, 0.3) is 5.03 Å². The monoisotopic (exact) mass is 265 g/mol. The molecule has 0 saturated heterocycles. The molecular formula is C11H11N3O3S. The average Bonchev–Trinajstić information content (AvgIpc) is 2.74. The lowest BCUT2D eigenvalue weighted by Gasteiger charge is -2.02. The highest BCUT2D eigenvalue weighted by Gasteiger charge is 2.10. The van der Waals surface area contributed by atoms with Crippen molar-refractivity contribution >= 4 is 23.6 Å². The van der Waals surface area contributed by atoms with Crippen LogP contribution in [0.15, 0.2) is 40.0 Å². The summed E-state index contributed by atoms with van der Waals surface area (Å²) in [6.07, 6.45) is 1.39. The van der Waals surface area contributed by atoms with Crippen LogP contribution in [0.5, 0.6) is 0 Å². The molecule has 0 fully saturated rings. The van der Waals surface area contributed by atoms with E-state index in [4.69, 9.17) is 4.52 Å². The maximum atomic E-state index is 11.6. The van der Waals surface area contributed by atoms with E-state index in [9.17, 15) is 10.0 Å². The van der Waals surface area contributed by atoms with Crippen LogP contribution in [0.25, 0.3) is 0 Å². The average molecular weight is 265 g/mol. The van der Waals surface area contributed by atoms with Gasteiger partial charge in [0.2, 0.25) is 11.8 Å². The number of aromatic nitrogens is 2. The Morgan fingerprint density at radius 1 is 1.61 bits per heavy atom. The molecule has 0 atom stereocenters. The molecule has 7 heteroatoms. The van der Waals surface area contributed by atoms with Gasteiger partial charge in [0, 0.05) is 18.2 Å². The van der Waals surface area contributed by atoms with Crippen LogP contribution in [0.1, 0.15) is 5.69 Å². The molecule has 94 valence electrons. The quantitative estimate of drug-likeness (QED) is 0.512. The Bertz CT molecular complexity index is 556. The number of nitrogens with zero attached hydrogens (tertiary/aromatic N) is 2. The lowest BCUT2D eigenvalue weighted by Crippen LogP contribution is -2.28. The third kappa shape index (κ3) is 3.24. The molecule has 0 aliphatic carbocycles. The fourth-order valence-electron chi connectivity index (χ4n) is 1.26. The lowest BCUT2D eigenvalue weighted by molar-refractivity contribution is -0.645. The fourth-order valence-corrected chi connectivity index (χ4v) is 1.97. The molecule has 0 unspecified atom stereocenters. The zero-order chi connectivity index (χ0) is 13.0. The van der Waals surface area contributed by atoms with Crippen molar-refractivity contribution in [1.82, 2.24) is 5.16 Å². The molecule has 6 nitrogen and oxygen atoms in total. The Morgan fingerprint density at radius 2 is 2.44 bits per heavy atom. The summed E-state index contributed by atoms with van der Waals surface area (Å²) in [5.74, 6) is 0.188. The van der Waals surface area contributed by atoms with Crippen molar-refractivity contribution < 1.29 is 14.0 Å². The number of anilines is 1. The molecule has 2 heterocycles. The molecule has 18 heavy (non-hydrogen) atoms. The molecule has 0 bridgehead atoms.